The number of aliphatic hydroxyl groups excluding tert-OH is 3. The summed E-state index contributed by atoms with van der Waals surface area (Å²) < 4.78 is 51.0. The van der Waals surface area contributed by atoms with Crippen molar-refractivity contribution in [3.05, 3.63) is 268 Å². The molecular formula is C110H120F3N17O9. The fourth-order valence-corrected chi connectivity index (χ4v) is 29.9. The van der Waals surface area contributed by atoms with Crippen molar-refractivity contribution in [3.63, 3.8) is 0 Å². The van der Waals surface area contributed by atoms with Crippen LogP contribution in [0.2, 0.25) is 0 Å². The molecule has 0 saturated heterocycles. The number of benzene rings is 5. The molecule has 24 rings (SSSR count). The minimum Gasteiger partial charge on any atom is -0.393 e. The Balaban J connectivity index is 0.000000120. The molecule has 15 unspecified atom stereocenters. The molecule has 0 bridgehead atoms. The highest BCUT2D eigenvalue weighted by Crippen LogP contribution is 2.72. The molecule has 5 aromatic carbocycles. The molecule has 7 heterocycles. The van der Waals surface area contributed by atoms with Crippen LogP contribution in [0.15, 0.2) is 206 Å². The van der Waals surface area contributed by atoms with Gasteiger partial charge >= 0.3 is 0 Å². The van der Waals surface area contributed by atoms with Crippen LogP contribution in [0, 0.1) is 103 Å². The average Bonchev–Trinajstić information content (AvgIpc) is 1.58. The van der Waals surface area contributed by atoms with Crippen molar-refractivity contribution < 1.29 is 58.2 Å². The summed E-state index contributed by atoms with van der Waals surface area (Å²) >= 11 is 0. The van der Waals surface area contributed by atoms with E-state index in [9.17, 15) is 58.2 Å². The highest BCUT2D eigenvalue weighted by Gasteiger charge is 2.72. The number of halogens is 3. The second-order valence-electron chi connectivity index (χ2n) is 44.0. The van der Waals surface area contributed by atoms with Crippen LogP contribution in [0.5, 0.6) is 0 Å². The Morgan fingerprint density at radius 1 is 0.417 bits per heavy atom. The molecule has 12 aliphatic carbocycles. The lowest BCUT2D eigenvalue weighted by Gasteiger charge is -2.60. The van der Waals surface area contributed by atoms with Gasteiger partial charge in [-0.15, -0.1) is 15.3 Å². The Morgan fingerprint density at radius 3 is 1.14 bits per heavy atom. The van der Waals surface area contributed by atoms with Crippen LogP contribution in [-0.2, 0) is 59.7 Å². The molecule has 720 valence electrons. The van der Waals surface area contributed by atoms with Gasteiger partial charge in [0.25, 0.3) is 0 Å². The number of carbonyl (C=O) groups is 3. The number of hydrogen-bond donors (Lipinski definition) is 6. The fraction of sp³-hybridized carbons (Fsp3) is 0.464. The number of hydrogen-bond acceptors (Lipinski definition) is 20. The molecular weight excluding hydrogens is 1760 g/mol. The van der Waals surface area contributed by atoms with Crippen LogP contribution in [0.1, 0.15) is 183 Å². The maximum Gasteiger partial charge on any atom is 0.186 e. The van der Waals surface area contributed by atoms with Gasteiger partial charge < -0.3 is 35.5 Å². The molecule has 0 spiro atoms. The van der Waals surface area contributed by atoms with Crippen LogP contribution in [0.3, 0.4) is 0 Å². The average molecular weight is 1880 g/mol. The fourth-order valence-electron chi connectivity index (χ4n) is 29.9. The summed E-state index contributed by atoms with van der Waals surface area (Å²) in [7, 11) is 3.98. The topological polar surface area (TPSA) is 334 Å². The summed E-state index contributed by atoms with van der Waals surface area (Å²) in [6, 6.07) is 40.9. The van der Waals surface area contributed by atoms with Gasteiger partial charge in [-0.25, -0.2) is 41.3 Å². The summed E-state index contributed by atoms with van der Waals surface area (Å²) in [6.07, 6.45) is 31.8. The summed E-state index contributed by atoms with van der Waals surface area (Å²) in [4.78, 5) is 48.0. The van der Waals surface area contributed by atoms with Crippen LogP contribution < -0.4 is 4.90 Å². The Bertz CT molecular complexity index is 6850. The standard InChI is InChI=1S/C38H43FN6O3.C37H40FN5O3.C35H37FN6O3/c1-36-18-24-20-40-45(28-12-8-26(39)9-13-28)32(24)17-25(36)7-14-29-30-15-16-38(48,37(30,2)19-33(46)35(29)36)34(47)22-44-21-31(41-42-44)23-5-10-27(11-6-23)43(3)4;1-35-18-24-20-39-43(28-11-9-26(38)10-12-28)31(24)17-25(35)8-13-29-30-14-15-37(46,36(30,2)19-32(44)34(29)35)33(45)22-42-21-27(40-41-42)16-23-6-4-3-5-7-23;1-33-15-22-18-38-42(25-8-6-24(36)7-9-25)29(22)14-23(33)5-10-26-27-11-12-35(45,34(27,2)16-30(43)32(26)33)31(44)20-41-19-28(39-40-41)21-4-3-13-37-17-21/h5-6,8-13,17,20-21,29-30,33,35,46,48H,7,14-16,18-19,22H2,1-4H3;3-7,9-12,17,20-21,29-30,32,34,44,46H,8,13-16,18-19,22H2,1-2H3;3-4,6-9,13-14,17-19,26-27,30,32,43,45H,5,10-12,15-16,20H2,1-2H3/t29?,30?,33-,35?,36?,37?,38-;29?,30?,32-,34?,35?,36?,37-;26?,27?,30-,32?,33?,34?,35-/m000/s1. The van der Waals surface area contributed by atoms with E-state index in [1.54, 1.807) is 72.1 Å². The Hall–Kier alpha value is -12.1. The van der Waals surface area contributed by atoms with Crippen LogP contribution in [0.25, 0.3) is 57.8 Å². The number of fused-ring (bicyclic) bond motifs is 18. The largest absolute Gasteiger partial charge is 0.393 e. The number of Topliss-reactive ketones (excluding diaryl/α,β-unsaturated/α-hetero) is 3. The van der Waals surface area contributed by atoms with Gasteiger partial charge in [0.1, 0.15) is 65.3 Å². The Kier molecular flexibility index (Phi) is 22.6. The first-order chi connectivity index (χ1) is 66.6. The van der Waals surface area contributed by atoms with Crippen LogP contribution >= 0.6 is 0 Å². The van der Waals surface area contributed by atoms with Crippen molar-refractivity contribution in [3.8, 4) is 39.6 Å². The van der Waals surface area contributed by atoms with Gasteiger partial charge in [-0.05, 0) is 323 Å². The Morgan fingerprint density at radius 2 is 0.777 bits per heavy atom. The van der Waals surface area contributed by atoms with Crippen LogP contribution in [0.4, 0.5) is 18.9 Å². The van der Waals surface area contributed by atoms with Gasteiger partial charge in [0.05, 0.1) is 89.1 Å². The van der Waals surface area contributed by atoms with E-state index < -0.39 is 51.4 Å². The SMILES string of the molecule is CC12Cc3cnn(-c4ccc(F)cc4)c3C=C1CCC1C2[C@@H](O)CC2(C)C1CC[C@]2(O)C(=O)Cn1cc(-c2cccnc2)nn1.CC12Cc3cnn(-c4ccc(F)cc4)c3C=C1CCC1C2[C@@H](O)CC2(C)C1CC[C@]2(O)C(=O)Cn1cc(Cc2ccccc2)nn1.CN(C)c1ccc(-c2cn(CC(=O)[C@@]3(O)CCC4C5CCC6=Cc7c(cnn7-c7ccc(F)cc7)CC6(C)C5[C@@H](O)CC43C)nn2)cc1. The number of aromatic nitrogens is 16. The molecule has 21 atom stereocenters. The van der Waals surface area contributed by atoms with E-state index in [0.29, 0.717) is 56.3 Å². The van der Waals surface area contributed by atoms with Crippen molar-refractivity contribution in [2.24, 2.45) is 85.8 Å². The smallest absolute Gasteiger partial charge is 0.186 e. The molecule has 12 aliphatic rings. The third-order valence-electron chi connectivity index (χ3n) is 36.8. The number of allylic oxidation sites excluding steroid dienone is 3. The first kappa shape index (κ1) is 91.9. The van der Waals surface area contributed by atoms with Gasteiger partial charge in [-0.3, -0.25) is 19.4 Å². The molecule has 9 saturated carbocycles. The predicted molar refractivity (Wildman–Crippen MR) is 515 cm³/mol. The number of nitrogens with zero attached hydrogens (tertiary/aromatic N) is 17. The quantitative estimate of drug-likeness (QED) is 0.0493. The second kappa shape index (κ2) is 34.1. The van der Waals surface area contributed by atoms with Crippen molar-refractivity contribution in [2.45, 2.75) is 218 Å². The zero-order chi connectivity index (χ0) is 96.6. The predicted octanol–water partition coefficient (Wildman–Crippen LogP) is 15.7. The van der Waals surface area contributed by atoms with Gasteiger partial charge in [0, 0.05) is 72.2 Å². The molecule has 0 aliphatic heterocycles. The second-order valence-corrected chi connectivity index (χ2v) is 44.0. The van der Waals surface area contributed by atoms with Crippen molar-refractivity contribution in [2.75, 3.05) is 19.0 Å². The van der Waals surface area contributed by atoms with E-state index in [1.165, 1.54) is 62.5 Å². The van der Waals surface area contributed by atoms with E-state index in [2.05, 4.69) is 90.2 Å². The number of aliphatic hydroxyl groups is 6. The number of carbonyl (C=O) groups excluding carboxylic acids is 3. The van der Waals surface area contributed by atoms with Crippen molar-refractivity contribution in [1.82, 2.24) is 79.3 Å². The molecule has 7 aromatic heterocycles. The number of ketones is 3. The monoisotopic (exact) mass is 1880 g/mol. The first-order valence-corrected chi connectivity index (χ1v) is 49.5. The normalized spacial score (nSPS) is 32.9. The molecule has 0 amide bonds. The Labute approximate surface area is 805 Å². The summed E-state index contributed by atoms with van der Waals surface area (Å²) in [5.74, 6) is -0.706. The minimum atomic E-state index is -1.56. The number of rotatable bonds is 17. The van der Waals surface area contributed by atoms with E-state index in [1.807, 2.05) is 139 Å². The number of anilines is 1. The minimum absolute atomic E-state index is 0.00658. The third kappa shape index (κ3) is 14.9. The molecule has 29 heteroatoms. The summed E-state index contributed by atoms with van der Waals surface area (Å²) in [5, 5.41) is 112. The van der Waals surface area contributed by atoms with E-state index in [-0.39, 0.29) is 124 Å². The van der Waals surface area contributed by atoms with Gasteiger partial charge in [0.2, 0.25) is 0 Å². The summed E-state index contributed by atoms with van der Waals surface area (Å²) in [6.45, 7) is 12.7. The van der Waals surface area contributed by atoms with E-state index in [4.69, 9.17) is 0 Å². The molecule has 12 aromatic rings. The zero-order valence-corrected chi connectivity index (χ0v) is 79.8. The van der Waals surface area contributed by atoms with Crippen LogP contribution in [-0.4, -0.2) is 177 Å². The lowest BCUT2D eigenvalue weighted by atomic mass is 9.45. The van der Waals surface area contributed by atoms with E-state index >= 15 is 0 Å². The highest BCUT2D eigenvalue weighted by molar-refractivity contribution is 5.90. The molecule has 26 nitrogen and oxygen atoms in total. The number of pyridine rings is 1. The lowest BCUT2D eigenvalue weighted by molar-refractivity contribution is -0.180. The molecule has 6 N–H and O–H groups in total. The van der Waals surface area contributed by atoms with Gasteiger partial charge in [-0.2, -0.15) is 15.3 Å². The van der Waals surface area contributed by atoms with E-state index in [0.717, 1.165) is 156 Å². The molecule has 9 fully saturated rings. The maximum atomic E-state index is 14.0. The maximum absolute atomic E-state index is 14.0. The molecule has 0 radical (unpaired) electrons. The third-order valence-corrected chi connectivity index (χ3v) is 36.8. The van der Waals surface area contributed by atoms with Crippen molar-refractivity contribution >= 4 is 41.3 Å². The first-order valence-electron chi connectivity index (χ1n) is 49.5. The molecule has 139 heavy (non-hydrogen) atoms. The van der Waals surface area contributed by atoms with Crippen molar-refractivity contribution in [1.29, 1.82) is 0 Å². The lowest BCUT2D eigenvalue weighted by Crippen LogP contribution is -2.62. The van der Waals surface area contributed by atoms with Gasteiger partial charge in [0.15, 0.2) is 17.3 Å². The summed E-state index contributed by atoms with van der Waals surface area (Å²) in [5.41, 5.74) is 11.1. The highest BCUT2D eigenvalue weighted by atomic mass is 19.1. The van der Waals surface area contributed by atoms with Gasteiger partial charge in [-0.1, -0.05) is 116 Å². The zero-order valence-electron chi connectivity index (χ0n) is 79.8.